The summed E-state index contributed by atoms with van der Waals surface area (Å²) in [4.78, 5) is 11.9. The Morgan fingerprint density at radius 3 is 2.71 bits per heavy atom. The summed E-state index contributed by atoms with van der Waals surface area (Å²) in [5, 5.41) is 3.89. The van der Waals surface area contributed by atoms with Crippen LogP contribution >= 0.6 is 11.5 Å². The Bertz CT molecular complexity index is 625. The number of aromatic nitrogens is 1. The van der Waals surface area contributed by atoms with Crippen molar-refractivity contribution in [3.63, 3.8) is 0 Å². The van der Waals surface area contributed by atoms with Crippen molar-refractivity contribution < 1.29 is 9.53 Å². The van der Waals surface area contributed by atoms with E-state index in [2.05, 4.69) is 28.7 Å². The van der Waals surface area contributed by atoms with Crippen LogP contribution in [0.3, 0.4) is 0 Å². The minimum Gasteiger partial charge on any atom is -0.462 e. The average Bonchev–Trinajstić information content (AvgIpc) is 2.86. The van der Waals surface area contributed by atoms with Gasteiger partial charge in [-0.25, -0.2) is 4.79 Å². The Hall–Kier alpha value is -2.08. The first-order valence-electron chi connectivity index (χ1n) is 6.90. The molecule has 6 heteroatoms. The van der Waals surface area contributed by atoms with Crippen LogP contribution in [0.2, 0.25) is 0 Å². The fourth-order valence-corrected chi connectivity index (χ4v) is 2.77. The van der Waals surface area contributed by atoms with Crippen LogP contribution in [0, 0.1) is 0 Å². The topological polar surface area (TPSA) is 77.2 Å². The number of nitrogens with two attached hydrogens (primary N) is 1. The van der Waals surface area contributed by atoms with Crippen molar-refractivity contribution in [2.45, 2.75) is 26.8 Å². The second kappa shape index (κ2) is 7.08. The van der Waals surface area contributed by atoms with E-state index in [1.165, 1.54) is 22.7 Å². The molecule has 1 aromatic carbocycles. The molecule has 112 valence electrons. The fraction of sp³-hybridized carbons (Fsp3) is 0.333. The van der Waals surface area contributed by atoms with Crippen LogP contribution in [0.4, 0.5) is 10.8 Å². The number of esters is 1. The summed E-state index contributed by atoms with van der Waals surface area (Å²) in [5.41, 5.74) is 8.56. The summed E-state index contributed by atoms with van der Waals surface area (Å²) in [6.45, 7) is 4.82. The summed E-state index contributed by atoms with van der Waals surface area (Å²) in [6, 6.07) is 8.20. The maximum absolute atomic E-state index is 11.9. The molecule has 0 aliphatic carbocycles. The molecule has 0 aliphatic heterocycles. The number of benzene rings is 1. The molecule has 0 unspecified atom stereocenters. The molecule has 5 nitrogen and oxygen atoms in total. The monoisotopic (exact) mass is 305 g/mol. The first-order valence-corrected chi connectivity index (χ1v) is 7.67. The average molecular weight is 305 g/mol. The zero-order valence-electron chi connectivity index (χ0n) is 12.2. The van der Waals surface area contributed by atoms with E-state index in [1.807, 2.05) is 12.1 Å². The van der Waals surface area contributed by atoms with Crippen LogP contribution in [0.1, 0.15) is 35.3 Å². The van der Waals surface area contributed by atoms with Gasteiger partial charge in [-0.1, -0.05) is 31.2 Å². The number of ether oxygens (including phenoxy) is 1. The highest BCUT2D eigenvalue weighted by atomic mass is 32.1. The van der Waals surface area contributed by atoms with Gasteiger partial charge in [0, 0.05) is 6.54 Å². The molecule has 0 saturated carbocycles. The highest BCUT2D eigenvalue weighted by Gasteiger charge is 2.20. The van der Waals surface area contributed by atoms with E-state index >= 15 is 0 Å². The summed E-state index contributed by atoms with van der Waals surface area (Å²) in [7, 11) is 0. The van der Waals surface area contributed by atoms with Crippen LogP contribution in [-0.4, -0.2) is 16.9 Å². The number of aryl methyl sites for hydroxylation is 1. The third-order valence-electron chi connectivity index (χ3n) is 3.14. The van der Waals surface area contributed by atoms with E-state index in [9.17, 15) is 4.79 Å². The third-order valence-corrected chi connectivity index (χ3v) is 3.96. The molecule has 0 saturated heterocycles. The van der Waals surface area contributed by atoms with Crippen molar-refractivity contribution in [3.05, 3.63) is 41.0 Å². The lowest BCUT2D eigenvalue weighted by Gasteiger charge is -2.10. The lowest BCUT2D eigenvalue weighted by molar-refractivity contribution is 0.0529. The number of anilines is 2. The van der Waals surface area contributed by atoms with Crippen LogP contribution in [0.25, 0.3) is 0 Å². The molecule has 21 heavy (non-hydrogen) atoms. The van der Waals surface area contributed by atoms with E-state index in [0.717, 1.165) is 6.42 Å². The van der Waals surface area contributed by atoms with Gasteiger partial charge < -0.3 is 15.8 Å². The van der Waals surface area contributed by atoms with Crippen LogP contribution in [0.15, 0.2) is 24.3 Å². The number of nitrogens with one attached hydrogen (secondary N) is 1. The number of carbonyl (C=O) groups excluding carboxylic acids is 1. The molecular formula is C15H19N3O2S. The Morgan fingerprint density at radius 1 is 1.33 bits per heavy atom. The smallest absolute Gasteiger partial charge is 0.344 e. The largest absolute Gasteiger partial charge is 0.462 e. The molecular weight excluding hydrogens is 286 g/mol. The standard InChI is InChI=1S/C15H19N3O2S/c1-3-10-7-5-6-8-11(10)9-17-14-12(13(16)18-21-14)15(19)20-4-2/h5-8,17H,3-4,9H2,1-2H3,(H2,16,18). The first-order chi connectivity index (χ1) is 10.2. The first kappa shape index (κ1) is 15.3. The van der Waals surface area contributed by atoms with Crippen molar-refractivity contribution in [1.82, 2.24) is 4.37 Å². The molecule has 1 heterocycles. The number of carbonyl (C=O) groups is 1. The SMILES string of the molecule is CCOC(=O)c1c(N)nsc1NCc1ccccc1CC. The van der Waals surface area contributed by atoms with Crippen molar-refractivity contribution in [1.29, 1.82) is 0 Å². The second-order valence-corrected chi connectivity index (χ2v) is 5.24. The van der Waals surface area contributed by atoms with E-state index in [0.29, 0.717) is 23.7 Å². The Kier molecular flexibility index (Phi) is 5.16. The number of nitrogen functional groups attached to an aromatic ring is 1. The number of nitrogens with zero attached hydrogens (tertiary/aromatic N) is 1. The summed E-state index contributed by atoms with van der Waals surface area (Å²) in [6.07, 6.45) is 0.966. The Balaban J connectivity index is 2.15. The van der Waals surface area contributed by atoms with Gasteiger partial charge in [0.15, 0.2) is 5.82 Å². The normalized spacial score (nSPS) is 10.4. The molecule has 1 aromatic heterocycles. The summed E-state index contributed by atoms with van der Waals surface area (Å²) in [5.74, 6) is -0.222. The zero-order chi connectivity index (χ0) is 15.2. The summed E-state index contributed by atoms with van der Waals surface area (Å²) < 4.78 is 9.04. The predicted molar refractivity (Wildman–Crippen MR) is 85.6 cm³/mol. The third kappa shape index (κ3) is 3.52. The molecule has 0 radical (unpaired) electrons. The van der Waals surface area contributed by atoms with Gasteiger partial charge in [-0.3, -0.25) is 0 Å². The van der Waals surface area contributed by atoms with E-state index in [-0.39, 0.29) is 5.82 Å². The fourth-order valence-electron chi connectivity index (χ4n) is 2.07. The van der Waals surface area contributed by atoms with Gasteiger partial charge in [0.1, 0.15) is 10.6 Å². The summed E-state index contributed by atoms with van der Waals surface area (Å²) >= 11 is 1.18. The van der Waals surface area contributed by atoms with Crippen molar-refractivity contribution in [2.75, 3.05) is 17.7 Å². The molecule has 0 aliphatic rings. The maximum atomic E-state index is 11.9. The minimum atomic E-state index is -0.435. The van der Waals surface area contributed by atoms with Gasteiger partial charge in [-0.05, 0) is 36.0 Å². The van der Waals surface area contributed by atoms with Crippen LogP contribution in [-0.2, 0) is 17.7 Å². The molecule has 0 bridgehead atoms. The minimum absolute atomic E-state index is 0.213. The van der Waals surface area contributed by atoms with Gasteiger partial charge >= 0.3 is 5.97 Å². The van der Waals surface area contributed by atoms with E-state index < -0.39 is 5.97 Å². The Morgan fingerprint density at radius 2 is 2.05 bits per heavy atom. The van der Waals surface area contributed by atoms with E-state index in [4.69, 9.17) is 10.5 Å². The van der Waals surface area contributed by atoms with Gasteiger partial charge in [0.25, 0.3) is 0 Å². The van der Waals surface area contributed by atoms with Gasteiger partial charge in [-0.15, -0.1) is 0 Å². The zero-order valence-corrected chi connectivity index (χ0v) is 13.0. The number of rotatable bonds is 6. The van der Waals surface area contributed by atoms with Crippen molar-refractivity contribution in [3.8, 4) is 0 Å². The lowest BCUT2D eigenvalue weighted by atomic mass is 10.1. The second-order valence-electron chi connectivity index (χ2n) is 4.47. The molecule has 0 fully saturated rings. The molecule has 2 aromatic rings. The van der Waals surface area contributed by atoms with Gasteiger partial charge in [0.05, 0.1) is 6.61 Å². The quantitative estimate of drug-likeness (QED) is 0.802. The predicted octanol–water partition coefficient (Wildman–Crippen LogP) is 3.08. The van der Waals surface area contributed by atoms with Crippen molar-refractivity contribution in [2.24, 2.45) is 0 Å². The molecule has 3 N–H and O–H groups in total. The van der Waals surface area contributed by atoms with Gasteiger partial charge in [-0.2, -0.15) is 4.37 Å². The maximum Gasteiger partial charge on any atom is 0.344 e. The molecule has 0 spiro atoms. The van der Waals surface area contributed by atoms with Crippen LogP contribution < -0.4 is 11.1 Å². The molecule has 0 atom stereocenters. The highest BCUT2D eigenvalue weighted by Crippen LogP contribution is 2.28. The van der Waals surface area contributed by atoms with E-state index in [1.54, 1.807) is 6.92 Å². The molecule has 0 amide bonds. The number of hydrogen-bond donors (Lipinski definition) is 2. The highest BCUT2D eigenvalue weighted by molar-refractivity contribution is 7.11. The van der Waals surface area contributed by atoms with Gasteiger partial charge in [0.2, 0.25) is 0 Å². The number of hydrogen-bond acceptors (Lipinski definition) is 6. The Labute approximate surface area is 128 Å². The van der Waals surface area contributed by atoms with Crippen molar-refractivity contribution >= 4 is 28.3 Å². The molecule has 2 rings (SSSR count). The lowest BCUT2D eigenvalue weighted by Crippen LogP contribution is -2.10. The van der Waals surface area contributed by atoms with Crippen LogP contribution in [0.5, 0.6) is 0 Å².